The van der Waals surface area contributed by atoms with E-state index in [-0.39, 0.29) is 37.0 Å². The molecule has 4 rings (SSSR count). The molecule has 0 saturated heterocycles. The molecular formula is C26H25F2IrN4O2-. The van der Waals surface area contributed by atoms with Crippen LogP contribution in [-0.4, -0.2) is 30.8 Å². The number of carbonyl (C=O) groups is 1. The Kier molecular flexibility index (Phi) is 9.12. The number of halogens is 2. The quantitative estimate of drug-likeness (QED) is 0.276. The molecule has 0 fully saturated rings. The van der Waals surface area contributed by atoms with Gasteiger partial charge in [0.05, 0.1) is 5.82 Å². The summed E-state index contributed by atoms with van der Waals surface area (Å²) >= 11 is 0. The van der Waals surface area contributed by atoms with Crippen LogP contribution in [0.3, 0.4) is 0 Å². The second kappa shape index (κ2) is 11.4. The van der Waals surface area contributed by atoms with Crippen molar-refractivity contribution in [2.45, 2.75) is 39.0 Å². The van der Waals surface area contributed by atoms with Gasteiger partial charge in [0.1, 0.15) is 5.69 Å². The number of aromatic carboxylic acids is 1. The minimum atomic E-state index is -3.11. The van der Waals surface area contributed by atoms with Gasteiger partial charge in [-0.3, -0.25) is 0 Å². The molecule has 0 amide bonds. The van der Waals surface area contributed by atoms with Crippen LogP contribution < -0.4 is 0 Å². The van der Waals surface area contributed by atoms with Gasteiger partial charge in [-0.1, -0.05) is 39.0 Å². The van der Waals surface area contributed by atoms with Crippen molar-refractivity contribution in [3.8, 4) is 17.1 Å². The number of benzene rings is 2. The van der Waals surface area contributed by atoms with E-state index >= 15 is 0 Å². The van der Waals surface area contributed by atoms with Crippen molar-refractivity contribution in [1.82, 2.24) is 19.7 Å². The second-order valence-corrected chi connectivity index (χ2v) is 8.66. The van der Waals surface area contributed by atoms with Gasteiger partial charge in [-0.2, -0.15) is 13.9 Å². The van der Waals surface area contributed by atoms with E-state index in [1.54, 1.807) is 24.3 Å². The zero-order valence-electron chi connectivity index (χ0n) is 19.7. The van der Waals surface area contributed by atoms with Crippen molar-refractivity contribution in [2.75, 3.05) is 0 Å². The van der Waals surface area contributed by atoms with Gasteiger partial charge < -0.3 is 9.67 Å². The van der Waals surface area contributed by atoms with Crippen LogP contribution in [0.2, 0.25) is 0 Å². The largest absolute Gasteiger partial charge is 0.477 e. The molecule has 4 aromatic rings. The van der Waals surface area contributed by atoms with Gasteiger partial charge in [0.2, 0.25) is 0 Å². The van der Waals surface area contributed by atoms with E-state index in [1.807, 2.05) is 36.4 Å². The average molecular weight is 656 g/mol. The third-order valence-corrected chi connectivity index (χ3v) is 4.88. The van der Waals surface area contributed by atoms with E-state index in [2.05, 4.69) is 42.0 Å². The van der Waals surface area contributed by atoms with Gasteiger partial charge in [0.25, 0.3) is 0 Å². The number of hydrogen-bond acceptors (Lipinski definition) is 4. The van der Waals surface area contributed by atoms with Crippen molar-refractivity contribution in [3.05, 3.63) is 96.1 Å². The van der Waals surface area contributed by atoms with Crippen molar-refractivity contribution in [3.63, 3.8) is 0 Å². The Labute approximate surface area is 216 Å². The van der Waals surface area contributed by atoms with Crippen molar-refractivity contribution < 1.29 is 38.8 Å². The molecule has 0 aliphatic heterocycles. The zero-order valence-corrected chi connectivity index (χ0v) is 22.1. The number of hydrogen-bond donors (Lipinski definition) is 1. The Morgan fingerprint density at radius 1 is 0.943 bits per heavy atom. The molecule has 0 saturated carbocycles. The molecule has 9 heteroatoms. The third-order valence-electron chi connectivity index (χ3n) is 4.88. The maximum atomic E-state index is 14.1. The first-order valence-electron chi connectivity index (χ1n) is 10.5. The summed E-state index contributed by atoms with van der Waals surface area (Å²) in [6.45, 7) is 7.15. The molecule has 0 bridgehead atoms. The molecule has 0 aliphatic carbocycles. The predicted molar refractivity (Wildman–Crippen MR) is 125 cm³/mol. The van der Waals surface area contributed by atoms with Crippen molar-refractivity contribution >= 4 is 5.97 Å². The molecule has 0 unspecified atom stereocenters. The SMILES string of the molecule is CC(C)(C)c1ccc(-n2c(-c3[c-]cccc3)nnc2C(C)(F)F)cc1.O=C(O)c1ccccn1.[Ir]. The predicted octanol–water partition coefficient (Wildman–Crippen LogP) is 5.92. The maximum absolute atomic E-state index is 14.1. The van der Waals surface area contributed by atoms with Crippen molar-refractivity contribution in [2.24, 2.45) is 0 Å². The van der Waals surface area contributed by atoms with E-state index in [0.717, 1.165) is 12.5 Å². The van der Waals surface area contributed by atoms with Crippen LogP contribution in [0.1, 0.15) is 49.6 Å². The topological polar surface area (TPSA) is 80.9 Å². The fraction of sp³-hybridized carbons (Fsp3) is 0.231. The summed E-state index contributed by atoms with van der Waals surface area (Å²) in [7, 11) is 0. The Hall–Kier alpha value is -3.29. The maximum Gasteiger partial charge on any atom is 0.354 e. The summed E-state index contributed by atoms with van der Waals surface area (Å²) < 4.78 is 29.5. The summed E-state index contributed by atoms with van der Waals surface area (Å²) in [4.78, 5) is 13.7. The molecule has 0 aliphatic rings. The molecule has 2 heterocycles. The monoisotopic (exact) mass is 656 g/mol. The Morgan fingerprint density at radius 2 is 1.60 bits per heavy atom. The van der Waals surface area contributed by atoms with Gasteiger partial charge in [-0.15, -0.1) is 41.0 Å². The molecule has 6 nitrogen and oxygen atoms in total. The first-order valence-corrected chi connectivity index (χ1v) is 10.5. The molecule has 0 atom stereocenters. The van der Waals surface area contributed by atoms with E-state index < -0.39 is 11.9 Å². The summed E-state index contributed by atoms with van der Waals surface area (Å²) in [5.74, 6) is -4.14. The average Bonchev–Trinajstić information content (AvgIpc) is 3.26. The fourth-order valence-electron chi connectivity index (χ4n) is 3.12. The number of pyridine rings is 1. The molecule has 185 valence electrons. The van der Waals surface area contributed by atoms with E-state index in [0.29, 0.717) is 17.1 Å². The van der Waals surface area contributed by atoms with Crippen LogP contribution in [-0.2, 0) is 31.4 Å². The zero-order chi connectivity index (χ0) is 24.9. The smallest absolute Gasteiger partial charge is 0.354 e. The first-order chi connectivity index (χ1) is 16.0. The minimum absolute atomic E-state index is 0. The van der Waals surface area contributed by atoms with E-state index in [1.165, 1.54) is 16.8 Å². The summed E-state index contributed by atoms with van der Waals surface area (Å²) in [6.07, 6.45) is 1.45. The number of rotatable bonds is 4. The molecule has 2 aromatic carbocycles. The van der Waals surface area contributed by atoms with Gasteiger partial charge >= 0.3 is 11.9 Å². The van der Waals surface area contributed by atoms with Crippen LogP contribution in [0.25, 0.3) is 17.1 Å². The summed E-state index contributed by atoms with van der Waals surface area (Å²) in [6, 6.07) is 22.5. The second-order valence-electron chi connectivity index (χ2n) is 8.66. The normalized spacial score (nSPS) is 11.1. The summed E-state index contributed by atoms with van der Waals surface area (Å²) in [5.41, 5.74) is 2.41. The van der Waals surface area contributed by atoms with Crippen LogP contribution in [0, 0.1) is 6.07 Å². The molecule has 0 spiro atoms. The number of carboxylic acid groups (broad SMARTS) is 1. The number of carboxylic acids is 1. The minimum Gasteiger partial charge on any atom is -0.477 e. The van der Waals surface area contributed by atoms with Crippen LogP contribution in [0.15, 0.2) is 72.9 Å². The van der Waals surface area contributed by atoms with E-state index in [4.69, 9.17) is 5.11 Å². The first kappa shape index (κ1) is 28.0. The van der Waals surface area contributed by atoms with Gasteiger partial charge in [0.15, 0.2) is 5.82 Å². The van der Waals surface area contributed by atoms with Crippen LogP contribution in [0.4, 0.5) is 8.78 Å². The van der Waals surface area contributed by atoms with E-state index in [9.17, 15) is 13.6 Å². The summed E-state index contributed by atoms with van der Waals surface area (Å²) in [5, 5.41) is 16.1. The number of alkyl halides is 2. The number of nitrogens with zero attached hydrogens (tertiary/aromatic N) is 4. The molecule has 35 heavy (non-hydrogen) atoms. The fourth-order valence-corrected chi connectivity index (χ4v) is 3.12. The standard InChI is InChI=1S/C20H20F2N3.C6H5NO2.Ir/c1-19(2,3)15-10-12-16(13-11-15)25-17(14-8-6-5-7-9-14)23-24-18(25)20(4,21)22;8-6(9)5-3-1-2-4-7-5;/h5-8,10-13H,1-4H3;1-4H,(H,8,9);/q-1;;. The molecular weight excluding hydrogens is 631 g/mol. The Bertz CT molecular complexity index is 1230. The number of aromatic nitrogens is 4. The molecule has 2 aromatic heterocycles. The Balaban J connectivity index is 0.000000366. The van der Waals surface area contributed by atoms with Gasteiger partial charge in [-0.05, 0) is 35.2 Å². The molecule has 1 N–H and O–H groups in total. The Morgan fingerprint density at radius 3 is 2.06 bits per heavy atom. The third kappa shape index (κ3) is 7.10. The van der Waals surface area contributed by atoms with Gasteiger partial charge in [-0.25, -0.2) is 9.78 Å². The van der Waals surface area contributed by atoms with Crippen molar-refractivity contribution in [1.29, 1.82) is 0 Å². The molecule has 1 radical (unpaired) electrons. The van der Waals surface area contributed by atoms with Crippen LogP contribution in [0.5, 0.6) is 0 Å². The van der Waals surface area contributed by atoms with Gasteiger partial charge in [0, 0.05) is 38.9 Å². The van der Waals surface area contributed by atoms with Crippen LogP contribution >= 0.6 is 0 Å².